The number of aromatic amines is 1. The van der Waals surface area contributed by atoms with Crippen LogP contribution in [-0.2, 0) is 0 Å². The Morgan fingerprint density at radius 1 is 1.11 bits per heavy atom. The molecule has 6 heteroatoms. The van der Waals surface area contributed by atoms with Crippen molar-refractivity contribution < 1.29 is 9.90 Å². The van der Waals surface area contributed by atoms with Crippen LogP contribution in [0.1, 0.15) is 38.1 Å². The van der Waals surface area contributed by atoms with Crippen molar-refractivity contribution in [3.05, 3.63) is 58.6 Å². The van der Waals surface area contributed by atoms with Crippen LogP contribution in [0.2, 0.25) is 0 Å². The number of amides is 1. The summed E-state index contributed by atoms with van der Waals surface area (Å²) in [4.78, 5) is 33.7. The number of benzene rings is 2. The minimum Gasteiger partial charge on any atom is -0.506 e. The normalized spacial score (nSPS) is 11.3. The predicted octanol–water partition coefficient (Wildman–Crippen LogP) is 3.55. The number of carbonyl (C=O) groups is 1. The first kappa shape index (κ1) is 18.6. The summed E-state index contributed by atoms with van der Waals surface area (Å²) >= 11 is 0. The zero-order valence-electron chi connectivity index (χ0n) is 15.9. The van der Waals surface area contributed by atoms with Gasteiger partial charge in [-0.3, -0.25) is 9.59 Å². The van der Waals surface area contributed by atoms with Crippen molar-refractivity contribution in [3.63, 3.8) is 0 Å². The molecule has 0 fully saturated rings. The molecule has 0 saturated carbocycles. The average Bonchev–Trinajstić information content (AvgIpc) is 2.62. The number of phenols is 1. The molecule has 2 aromatic carbocycles. The predicted molar refractivity (Wildman–Crippen MR) is 106 cm³/mol. The zero-order valence-corrected chi connectivity index (χ0v) is 15.9. The van der Waals surface area contributed by atoms with Crippen molar-refractivity contribution in [2.75, 3.05) is 0 Å². The summed E-state index contributed by atoms with van der Waals surface area (Å²) in [6, 6.07) is 10.5. The van der Waals surface area contributed by atoms with Gasteiger partial charge in [0.25, 0.3) is 11.5 Å². The highest BCUT2D eigenvalue weighted by Gasteiger charge is 2.24. The van der Waals surface area contributed by atoms with Gasteiger partial charge in [-0.1, -0.05) is 18.2 Å². The Morgan fingerprint density at radius 2 is 1.78 bits per heavy atom. The fraction of sp³-hybridized carbons (Fsp3) is 0.286. The molecule has 2 N–H and O–H groups in total. The lowest BCUT2D eigenvalue weighted by Gasteiger charge is -2.31. The number of hydrogen-bond acceptors (Lipinski definition) is 4. The van der Waals surface area contributed by atoms with E-state index in [1.807, 2.05) is 50.8 Å². The molecular weight excluding hydrogens is 342 g/mol. The number of hydrogen-bond donors (Lipinski definition) is 2. The molecule has 1 heterocycles. The number of nitrogens with one attached hydrogen (secondary N) is 1. The molecule has 6 nitrogen and oxygen atoms in total. The van der Waals surface area contributed by atoms with E-state index in [4.69, 9.17) is 0 Å². The molecule has 0 saturated heterocycles. The lowest BCUT2D eigenvalue weighted by molar-refractivity contribution is 0.0644. The number of phenolic OH excluding ortho intramolecular Hbond substituents is 1. The molecule has 27 heavy (non-hydrogen) atoms. The van der Waals surface area contributed by atoms with E-state index >= 15 is 0 Å². The summed E-state index contributed by atoms with van der Waals surface area (Å²) in [5.41, 5.74) is 1.67. The molecule has 0 aliphatic heterocycles. The Hall–Kier alpha value is -3.15. The van der Waals surface area contributed by atoms with Crippen molar-refractivity contribution in [2.45, 2.75) is 39.8 Å². The number of rotatable bonds is 4. The molecular formula is C21H23N3O3. The second kappa shape index (κ2) is 7.23. The number of aromatic hydroxyl groups is 1. The SMILES string of the molecule is CC(C)N(C(=O)c1ccccc1-c1cc(O)c2nc[nH]c(=O)c2c1)C(C)C. The van der Waals surface area contributed by atoms with E-state index < -0.39 is 0 Å². The van der Waals surface area contributed by atoms with Gasteiger partial charge in [-0.15, -0.1) is 0 Å². The van der Waals surface area contributed by atoms with Gasteiger partial charge in [0.05, 0.1) is 11.7 Å². The number of aromatic nitrogens is 2. The van der Waals surface area contributed by atoms with E-state index in [0.717, 1.165) is 0 Å². The van der Waals surface area contributed by atoms with Crippen molar-refractivity contribution in [3.8, 4) is 16.9 Å². The summed E-state index contributed by atoms with van der Waals surface area (Å²) in [6.45, 7) is 7.92. The average molecular weight is 365 g/mol. The summed E-state index contributed by atoms with van der Waals surface area (Å²) in [5.74, 6) is -0.185. The van der Waals surface area contributed by atoms with Gasteiger partial charge in [0.1, 0.15) is 11.3 Å². The van der Waals surface area contributed by atoms with Crippen molar-refractivity contribution in [2.24, 2.45) is 0 Å². The Morgan fingerprint density at radius 3 is 2.44 bits per heavy atom. The van der Waals surface area contributed by atoms with Crippen LogP contribution in [0.15, 0.2) is 47.5 Å². The summed E-state index contributed by atoms with van der Waals surface area (Å²) < 4.78 is 0. The third-order valence-electron chi connectivity index (χ3n) is 4.54. The monoisotopic (exact) mass is 365 g/mol. The van der Waals surface area contributed by atoms with E-state index in [1.165, 1.54) is 12.4 Å². The highest BCUT2D eigenvalue weighted by Crippen LogP contribution is 2.32. The fourth-order valence-corrected chi connectivity index (χ4v) is 3.44. The summed E-state index contributed by atoms with van der Waals surface area (Å²) in [5, 5.41) is 10.6. The van der Waals surface area contributed by atoms with Crippen molar-refractivity contribution in [1.82, 2.24) is 14.9 Å². The first-order valence-electron chi connectivity index (χ1n) is 8.93. The number of carbonyl (C=O) groups excluding carboxylic acids is 1. The molecule has 3 rings (SSSR count). The molecule has 0 aliphatic carbocycles. The summed E-state index contributed by atoms with van der Waals surface area (Å²) in [7, 11) is 0. The second-order valence-corrected chi connectivity index (χ2v) is 7.07. The molecule has 0 spiro atoms. The van der Waals surface area contributed by atoms with Gasteiger partial charge >= 0.3 is 0 Å². The third-order valence-corrected chi connectivity index (χ3v) is 4.54. The topological polar surface area (TPSA) is 86.3 Å². The first-order valence-corrected chi connectivity index (χ1v) is 8.93. The zero-order chi connectivity index (χ0) is 19.7. The summed E-state index contributed by atoms with van der Waals surface area (Å²) in [6.07, 6.45) is 1.25. The molecule has 0 atom stereocenters. The van der Waals surface area contributed by atoms with Gasteiger partial charge < -0.3 is 15.0 Å². The molecule has 0 aliphatic rings. The van der Waals surface area contributed by atoms with Crippen LogP contribution in [0.4, 0.5) is 0 Å². The molecule has 1 amide bonds. The minimum atomic E-state index is -0.341. The quantitative estimate of drug-likeness (QED) is 0.740. The fourth-order valence-electron chi connectivity index (χ4n) is 3.44. The lowest BCUT2D eigenvalue weighted by atomic mass is 9.96. The van der Waals surface area contributed by atoms with Gasteiger partial charge in [-0.05, 0) is 57.0 Å². The van der Waals surface area contributed by atoms with Gasteiger partial charge in [0.15, 0.2) is 0 Å². The van der Waals surface area contributed by atoms with Crippen LogP contribution in [0.5, 0.6) is 5.75 Å². The van der Waals surface area contributed by atoms with Crippen molar-refractivity contribution in [1.29, 1.82) is 0 Å². The molecule has 0 radical (unpaired) electrons. The maximum atomic E-state index is 13.2. The van der Waals surface area contributed by atoms with Gasteiger partial charge in [0.2, 0.25) is 0 Å². The van der Waals surface area contributed by atoms with Gasteiger partial charge in [-0.25, -0.2) is 4.98 Å². The maximum absolute atomic E-state index is 13.2. The molecule has 140 valence electrons. The Kier molecular flexibility index (Phi) is 4.99. The van der Waals surface area contributed by atoms with Crippen LogP contribution < -0.4 is 5.56 Å². The van der Waals surface area contributed by atoms with Crippen molar-refractivity contribution >= 4 is 16.8 Å². The Bertz CT molecular complexity index is 1050. The van der Waals surface area contributed by atoms with Crippen LogP contribution >= 0.6 is 0 Å². The molecule has 3 aromatic rings. The van der Waals surface area contributed by atoms with Crippen LogP contribution in [0.3, 0.4) is 0 Å². The third kappa shape index (κ3) is 3.43. The Balaban J connectivity index is 2.20. The minimum absolute atomic E-state index is 0.0441. The highest BCUT2D eigenvalue weighted by atomic mass is 16.3. The molecule has 0 unspecified atom stereocenters. The standard InChI is InChI=1S/C21H23N3O3/c1-12(2)24(13(3)4)21(27)16-8-6-5-7-15(16)14-9-17-19(18(25)10-14)22-11-23-20(17)26/h5-13,25H,1-4H3,(H,22,23,26). The van der Waals surface area contributed by atoms with Crippen LogP contribution in [0.25, 0.3) is 22.0 Å². The number of H-pyrrole nitrogens is 1. The van der Waals surface area contributed by atoms with Crippen LogP contribution in [-0.4, -0.2) is 38.0 Å². The van der Waals surface area contributed by atoms with E-state index in [-0.39, 0.29) is 40.2 Å². The van der Waals surface area contributed by atoms with E-state index in [1.54, 1.807) is 12.1 Å². The van der Waals surface area contributed by atoms with E-state index in [2.05, 4.69) is 9.97 Å². The van der Waals surface area contributed by atoms with Gasteiger partial charge in [-0.2, -0.15) is 0 Å². The second-order valence-electron chi connectivity index (χ2n) is 7.07. The molecule has 1 aromatic heterocycles. The van der Waals surface area contributed by atoms with Gasteiger partial charge in [0, 0.05) is 17.6 Å². The highest BCUT2D eigenvalue weighted by molar-refractivity contribution is 6.02. The number of nitrogens with zero attached hydrogens (tertiary/aromatic N) is 2. The van der Waals surface area contributed by atoms with E-state index in [9.17, 15) is 14.7 Å². The Labute approximate surface area is 157 Å². The largest absolute Gasteiger partial charge is 0.506 e. The first-order chi connectivity index (χ1) is 12.8. The number of fused-ring (bicyclic) bond motifs is 1. The smallest absolute Gasteiger partial charge is 0.258 e. The van der Waals surface area contributed by atoms with Crippen LogP contribution in [0, 0.1) is 0 Å². The maximum Gasteiger partial charge on any atom is 0.258 e. The lowest BCUT2D eigenvalue weighted by Crippen LogP contribution is -2.42. The van der Waals surface area contributed by atoms with E-state index in [0.29, 0.717) is 16.7 Å². The molecule has 0 bridgehead atoms.